The lowest BCUT2D eigenvalue weighted by Gasteiger charge is -2.09. The zero-order valence-electron chi connectivity index (χ0n) is 7.73. The standard InChI is InChI=1S/C9H9Cl2NO2/c1-5(13)6-3-7(12-4-6)8(14)9(2,10)11/h3-4,12H,1-2H3. The molecule has 0 aliphatic carbocycles. The van der Waals surface area contributed by atoms with Gasteiger partial charge in [-0.1, -0.05) is 23.2 Å². The van der Waals surface area contributed by atoms with Gasteiger partial charge in [0.05, 0.1) is 5.69 Å². The Bertz CT molecular complexity index is 376. The quantitative estimate of drug-likeness (QED) is 0.645. The van der Waals surface area contributed by atoms with Gasteiger partial charge in [-0.2, -0.15) is 0 Å². The van der Waals surface area contributed by atoms with E-state index in [9.17, 15) is 9.59 Å². The Balaban J connectivity index is 2.99. The summed E-state index contributed by atoms with van der Waals surface area (Å²) in [5.74, 6) is -0.570. The predicted molar refractivity (Wildman–Crippen MR) is 55.2 cm³/mol. The highest BCUT2D eigenvalue weighted by Gasteiger charge is 2.29. The molecule has 0 unspecified atom stereocenters. The number of Topliss-reactive ketones (excluding diaryl/α,β-unsaturated/α-hetero) is 2. The number of rotatable bonds is 3. The van der Waals surface area contributed by atoms with Crippen LogP contribution >= 0.6 is 23.2 Å². The summed E-state index contributed by atoms with van der Waals surface area (Å²) in [5, 5.41) is 0. The van der Waals surface area contributed by atoms with Crippen molar-refractivity contribution in [3.8, 4) is 0 Å². The Kier molecular flexibility index (Phi) is 3.02. The second kappa shape index (κ2) is 3.75. The van der Waals surface area contributed by atoms with Crippen LogP contribution in [0.15, 0.2) is 12.3 Å². The van der Waals surface area contributed by atoms with Crippen LogP contribution < -0.4 is 0 Å². The fourth-order valence-corrected chi connectivity index (χ4v) is 1.17. The van der Waals surface area contributed by atoms with Crippen molar-refractivity contribution in [3.63, 3.8) is 0 Å². The van der Waals surface area contributed by atoms with E-state index in [4.69, 9.17) is 23.2 Å². The summed E-state index contributed by atoms with van der Waals surface area (Å²) in [6, 6.07) is 1.44. The van der Waals surface area contributed by atoms with E-state index in [2.05, 4.69) is 4.98 Å². The molecule has 1 aromatic heterocycles. The predicted octanol–water partition coefficient (Wildman–Crippen LogP) is 2.59. The van der Waals surface area contributed by atoms with E-state index in [1.807, 2.05) is 0 Å². The van der Waals surface area contributed by atoms with Gasteiger partial charge in [0, 0.05) is 11.8 Å². The molecule has 0 spiro atoms. The van der Waals surface area contributed by atoms with Gasteiger partial charge in [0.2, 0.25) is 5.78 Å². The fraction of sp³-hybridized carbons (Fsp3) is 0.333. The molecule has 0 aliphatic rings. The van der Waals surface area contributed by atoms with Gasteiger partial charge in [-0.25, -0.2) is 0 Å². The Morgan fingerprint density at radius 2 is 2.00 bits per heavy atom. The molecule has 3 nitrogen and oxygen atoms in total. The van der Waals surface area contributed by atoms with E-state index in [0.717, 1.165) is 0 Å². The van der Waals surface area contributed by atoms with Crippen molar-refractivity contribution < 1.29 is 9.59 Å². The first kappa shape index (κ1) is 11.3. The summed E-state index contributed by atoms with van der Waals surface area (Å²) in [4.78, 5) is 25.1. The van der Waals surface area contributed by atoms with Gasteiger partial charge in [-0.3, -0.25) is 9.59 Å². The van der Waals surface area contributed by atoms with Gasteiger partial charge in [-0.15, -0.1) is 0 Å². The first-order valence-electron chi connectivity index (χ1n) is 3.94. The molecular weight excluding hydrogens is 225 g/mol. The topological polar surface area (TPSA) is 49.9 Å². The zero-order valence-corrected chi connectivity index (χ0v) is 9.24. The molecule has 1 heterocycles. The molecule has 5 heteroatoms. The zero-order chi connectivity index (χ0) is 10.9. The largest absolute Gasteiger partial charge is 0.358 e. The molecule has 0 radical (unpaired) electrons. The third kappa shape index (κ3) is 2.36. The van der Waals surface area contributed by atoms with Crippen molar-refractivity contribution in [2.45, 2.75) is 18.2 Å². The van der Waals surface area contributed by atoms with Crippen molar-refractivity contribution in [2.75, 3.05) is 0 Å². The number of H-pyrrole nitrogens is 1. The van der Waals surface area contributed by atoms with Crippen LogP contribution in [0.25, 0.3) is 0 Å². The summed E-state index contributed by atoms with van der Waals surface area (Å²) in [6.07, 6.45) is 1.45. The Labute approximate surface area is 91.4 Å². The van der Waals surface area contributed by atoms with E-state index in [0.29, 0.717) is 5.56 Å². The molecule has 0 aliphatic heterocycles. The molecule has 14 heavy (non-hydrogen) atoms. The minimum atomic E-state index is -1.47. The van der Waals surface area contributed by atoms with Crippen LogP contribution in [-0.4, -0.2) is 20.9 Å². The Hall–Kier alpha value is -0.800. The number of hydrogen-bond acceptors (Lipinski definition) is 2. The summed E-state index contributed by atoms with van der Waals surface area (Å²) in [6.45, 7) is 2.80. The number of carbonyl (C=O) groups is 2. The smallest absolute Gasteiger partial charge is 0.214 e. The number of carbonyl (C=O) groups excluding carboxylic acids is 2. The summed E-state index contributed by atoms with van der Waals surface area (Å²) in [7, 11) is 0. The van der Waals surface area contributed by atoms with Gasteiger partial charge in [0.25, 0.3) is 0 Å². The molecule has 1 aromatic rings. The molecule has 0 fully saturated rings. The summed E-state index contributed by atoms with van der Waals surface area (Å²) < 4.78 is -1.47. The Morgan fingerprint density at radius 3 is 2.36 bits per heavy atom. The first-order valence-corrected chi connectivity index (χ1v) is 4.70. The van der Waals surface area contributed by atoms with E-state index >= 15 is 0 Å². The molecule has 0 saturated heterocycles. The number of aromatic nitrogens is 1. The average molecular weight is 234 g/mol. The average Bonchev–Trinajstić information content (AvgIpc) is 2.48. The van der Waals surface area contributed by atoms with Gasteiger partial charge in [0.1, 0.15) is 0 Å². The highest BCUT2D eigenvalue weighted by molar-refractivity contribution is 6.59. The van der Waals surface area contributed by atoms with Crippen LogP contribution in [-0.2, 0) is 0 Å². The minimum Gasteiger partial charge on any atom is -0.358 e. The molecular formula is C9H9Cl2NO2. The number of hydrogen-bond donors (Lipinski definition) is 1. The maximum absolute atomic E-state index is 11.5. The van der Waals surface area contributed by atoms with E-state index < -0.39 is 10.1 Å². The highest BCUT2D eigenvalue weighted by Crippen LogP contribution is 2.24. The lowest BCUT2D eigenvalue weighted by Crippen LogP contribution is -2.21. The van der Waals surface area contributed by atoms with E-state index in [1.165, 1.54) is 26.1 Å². The second-order valence-corrected chi connectivity index (χ2v) is 4.78. The van der Waals surface area contributed by atoms with Crippen LogP contribution in [0.2, 0.25) is 0 Å². The van der Waals surface area contributed by atoms with Gasteiger partial charge >= 0.3 is 0 Å². The maximum Gasteiger partial charge on any atom is 0.214 e. The number of nitrogens with one attached hydrogen (secondary N) is 1. The first-order chi connectivity index (χ1) is 6.32. The molecule has 76 valence electrons. The van der Waals surface area contributed by atoms with Gasteiger partial charge < -0.3 is 4.98 Å². The second-order valence-electron chi connectivity index (χ2n) is 3.08. The van der Waals surface area contributed by atoms with Gasteiger partial charge in [-0.05, 0) is 19.9 Å². The number of aromatic amines is 1. The molecule has 0 atom stereocenters. The number of alkyl halides is 2. The normalized spacial score (nSPS) is 11.4. The van der Waals surface area contributed by atoms with Crippen molar-refractivity contribution in [3.05, 3.63) is 23.5 Å². The molecule has 0 aromatic carbocycles. The lowest BCUT2D eigenvalue weighted by molar-refractivity contribution is 0.0974. The third-order valence-corrected chi connectivity index (χ3v) is 2.08. The summed E-state index contributed by atoms with van der Waals surface area (Å²) in [5.41, 5.74) is 0.675. The van der Waals surface area contributed by atoms with Crippen molar-refractivity contribution >= 4 is 34.8 Å². The number of halogens is 2. The molecule has 0 bridgehead atoms. The lowest BCUT2D eigenvalue weighted by atomic mass is 10.2. The Morgan fingerprint density at radius 1 is 1.43 bits per heavy atom. The fourth-order valence-electron chi connectivity index (χ4n) is 0.965. The minimum absolute atomic E-state index is 0.119. The summed E-state index contributed by atoms with van der Waals surface area (Å²) >= 11 is 11.2. The molecule has 1 N–H and O–H groups in total. The highest BCUT2D eigenvalue weighted by atomic mass is 35.5. The maximum atomic E-state index is 11.5. The van der Waals surface area contributed by atoms with Crippen molar-refractivity contribution in [1.29, 1.82) is 0 Å². The van der Waals surface area contributed by atoms with Crippen molar-refractivity contribution in [2.24, 2.45) is 0 Å². The van der Waals surface area contributed by atoms with E-state index in [-0.39, 0.29) is 11.5 Å². The SMILES string of the molecule is CC(=O)c1c[nH]c(C(=O)C(C)(Cl)Cl)c1. The van der Waals surface area contributed by atoms with Crippen molar-refractivity contribution in [1.82, 2.24) is 4.98 Å². The monoisotopic (exact) mass is 233 g/mol. The van der Waals surface area contributed by atoms with Crippen LogP contribution in [0.1, 0.15) is 34.7 Å². The molecule has 1 rings (SSSR count). The third-order valence-electron chi connectivity index (χ3n) is 1.73. The van der Waals surface area contributed by atoms with Gasteiger partial charge in [0.15, 0.2) is 10.1 Å². The van der Waals surface area contributed by atoms with Crippen LogP contribution in [0.3, 0.4) is 0 Å². The van der Waals surface area contributed by atoms with Crippen LogP contribution in [0, 0.1) is 0 Å². The van der Waals surface area contributed by atoms with Crippen LogP contribution in [0.4, 0.5) is 0 Å². The van der Waals surface area contributed by atoms with E-state index in [1.54, 1.807) is 0 Å². The molecule has 0 saturated carbocycles. The van der Waals surface area contributed by atoms with Crippen LogP contribution in [0.5, 0.6) is 0 Å². The molecule has 0 amide bonds. The number of ketones is 2.